The lowest BCUT2D eigenvalue weighted by Gasteiger charge is -2.37. The van der Waals surface area contributed by atoms with Crippen molar-refractivity contribution in [1.29, 1.82) is 5.41 Å². The van der Waals surface area contributed by atoms with Crippen molar-refractivity contribution in [2.24, 2.45) is 18.2 Å². The Labute approximate surface area is 119 Å². The van der Waals surface area contributed by atoms with Crippen LogP contribution >= 0.6 is 0 Å². The summed E-state index contributed by atoms with van der Waals surface area (Å²) >= 11 is 0. The smallest absolute Gasteiger partial charge is 0.262 e. The number of nitrogens with two attached hydrogens (primary N) is 1. The van der Waals surface area contributed by atoms with E-state index in [-0.39, 0.29) is 10.9 Å². The fourth-order valence-electron chi connectivity index (χ4n) is 2.27. The molecular formula is C12H21N5O2S. The molecule has 1 aliphatic heterocycles. The van der Waals surface area contributed by atoms with Gasteiger partial charge in [-0.1, -0.05) is 6.92 Å². The van der Waals surface area contributed by atoms with Crippen molar-refractivity contribution in [3.63, 3.8) is 0 Å². The van der Waals surface area contributed by atoms with Crippen LogP contribution in [0.4, 0.5) is 0 Å². The number of aromatic nitrogens is 2. The first-order valence-corrected chi connectivity index (χ1v) is 7.95. The summed E-state index contributed by atoms with van der Waals surface area (Å²) in [4.78, 5) is 4.09. The van der Waals surface area contributed by atoms with Gasteiger partial charge in [0.05, 0.1) is 5.84 Å². The van der Waals surface area contributed by atoms with E-state index in [1.807, 2.05) is 6.92 Å². The Balaban J connectivity index is 2.19. The van der Waals surface area contributed by atoms with Crippen molar-refractivity contribution in [2.45, 2.75) is 31.7 Å². The number of aryl methyl sites for hydroxylation is 2. The maximum atomic E-state index is 12.5. The number of nitrogens with zero attached hydrogens (tertiary/aromatic N) is 3. The Bertz CT molecular complexity index is 607. The van der Waals surface area contributed by atoms with Crippen molar-refractivity contribution >= 4 is 15.9 Å². The second kappa shape index (κ2) is 4.85. The Morgan fingerprint density at radius 3 is 2.40 bits per heavy atom. The molecule has 2 rings (SSSR count). The number of hydrogen-bond acceptors (Lipinski definition) is 4. The van der Waals surface area contributed by atoms with Gasteiger partial charge in [-0.15, -0.1) is 0 Å². The summed E-state index contributed by atoms with van der Waals surface area (Å²) in [6, 6.07) is 0. The van der Waals surface area contributed by atoms with Gasteiger partial charge >= 0.3 is 0 Å². The molecular weight excluding hydrogens is 278 g/mol. The first kappa shape index (κ1) is 15.0. The lowest BCUT2D eigenvalue weighted by molar-refractivity contribution is 0.240. The van der Waals surface area contributed by atoms with E-state index in [0.717, 1.165) is 0 Å². The van der Waals surface area contributed by atoms with Crippen molar-refractivity contribution in [2.75, 3.05) is 13.1 Å². The molecule has 0 aliphatic carbocycles. The monoisotopic (exact) mass is 299 g/mol. The summed E-state index contributed by atoms with van der Waals surface area (Å²) in [5.74, 6) is 0.789. The molecule has 0 spiro atoms. The van der Waals surface area contributed by atoms with E-state index in [9.17, 15) is 8.42 Å². The standard InChI is InChI=1S/C12H21N5O2S/c1-9-15-10(8-16(9)3)20(18,19)17-6-4-12(2,5-7-17)11(13)14/h8H,4-7H2,1-3H3,(H3,13,14). The molecule has 1 aromatic rings. The fourth-order valence-corrected chi connectivity index (χ4v) is 3.74. The summed E-state index contributed by atoms with van der Waals surface area (Å²) in [5, 5.41) is 7.68. The third-order valence-electron chi connectivity index (χ3n) is 4.17. The first-order chi connectivity index (χ1) is 9.17. The summed E-state index contributed by atoms with van der Waals surface area (Å²) in [7, 11) is -1.78. The molecule has 1 fully saturated rings. The first-order valence-electron chi connectivity index (χ1n) is 6.51. The molecule has 112 valence electrons. The molecule has 8 heteroatoms. The largest absolute Gasteiger partial charge is 0.387 e. The minimum Gasteiger partial charge on any atom is -0.387 e. The van der Waals surface area contributed by atoms with Crippen molar-refractivity contribution < 1.29 is 8.42 Å². The van der Waals surface area contributed by atoms with Crippen LogP contribution in [0.2, 0.25) is 0 Å². The van der Waals surface area contributed by atoms with E-state index in [0.29, 0.717) is 31.8 Å². The average molecular weight is 299 g/mol. The Hall–Kier alpha value is -1.41. The minimum absolute atomic E-state index is 0.0870. The zero-order chi connectivity index (χ0) is 15.1. The van der Waals surface area contributed by atoms with Gasteiger partial charge in [0.15, 0.2) is 5.03 Å². The van der Waals surface area contributed by atoms with E-state index in [4.69, 9.17) is 11.1 Å². The third-order valence-corrected chi connectivity index (χ3v) is 5.94. The second-order valence-corrected chi connectivity index (χ2v) is 7.50. The van der Waals surface area contributed by atoms with Gasteiger partial charge in [-0.3, -0.25) is 5.41 Å². The van der Waals surface area contributed by atoms with Gasteiger partial charge in [0, 0.05) is 31.7 Å². The molecule has 0 atom stereocenters. The van der Waals surface area contributed by atoms with Gasteiger partial charge in [0.25, 0.3) is 10.0 Å². The summed E-state index contributed by atoms with van der Waals surface area (Å²) in [6.07, 6.45) is 2.66. The number of sulfonamides is 1. The zero-order valence-electron chi connectivity index (χ0n) is 12.0. The van der Waals surface area contributed by atoms with Crippen LogP contribution in [0.15, 0.2) is 11.2 Å². The van der Waals surface area contributed by atoms with Crippen molar-refractivity contribution in [3.05, 3.63) is 12.0 Å². The summed E-state index contributed by atoms with van der Waals surface area (Å²) in [5.41, 5.74) is 5.19. The maximum absolute atomic E-state index is 12.5. The van der Waals surface area contributed by atoms with Crippen LogP contribution in [0.1, 0.15) is 25.6 Å². The molecule has 7 nitrogen and oxygen atoms in total. The maximum Gasteiger partial charge on any atom is 0.262 e. The van der Waals surface area contributed by atoms with E-state index in [2.05, 4.69) is 4.98 Å². The van der Waals surface area contributed by atoms with Gasteiger partial charge in [-0.2, -0.15) is 4.31 Å². The molecule has 20 heavy (non-hydrogen) atoms. The molecule has 0 amide bonds. The molecule has 1 aromatic heterocycles. The van der Waals surface area contributed by atoms with Gasteiger partial charge in [0.1, 0.15) is 5.82 Å². The molecule has 1 aliphatic rings. The number of hydrogen-bond donors (Lipinski definition) is 2. The Kier molecular flexibility index (Phi) is 3.64. The van der Waals surface area contributed by atoms with Crippen molar-refractivity contribution in [1.82, 2.24) is 13.9 Å². The fraction of sp³-hybridized carbons (Fsp3) is 0.667. The molecule has 0 aromatic carbocycles. The van der Waals surface area contributed by atoms with Crippen LogP contribution < -0.4 is 5.73 Å². The van der Waals surface area contributed by atoms with E-state index >= 15 is 0 Å². The number of rotatable bonds is 3. The molecule has 0 unspecified atom stereocenters. The highest BCUT2D eigenvalue weighted by atomic mass is 32.2. The zero-order valence-corrected chi connectivity index (χ0v) is 12.9. The Morgan fingerprint density at radius 1 is 1.45 bits per heavy atom. The summed E-state index contributed by atoms with van der Waals surface area (Å²) in [6.45, 7) is 4.41. The topological polar surface area (TPSA) is 105 Å². The molecule has 1 saturated heterocycles. The van der Waals surface area contributed by atoms with E-state index < -0.39 is 15.4 Å². The van der Waals surface area contributed by atoms with Crippen LogP contribution in [0.3, 0.4) is 0 Å². The van der Waals surface area contributed by atoms with Gasteiger partial charge in [-0.05, 0) is 19.8 Å². The van der Waals surface area contributed by atoms with Crippen LogP contribution in [-0.2, 0) is 17.1 Å². The van der Waals surface area contributed by atoms with Gasteiger partial charge in [0.2, 0.25) is 0 Å². The molecule has 2 heterocycles. The molecule has 0 saturated carbocycles. The number of piperidine rings is 1. The minimum atomic E-state index is -3.55. The molecule has 0 radical (unpaired) electrons. The number of amidine groups is 1. The predicted octanol–water partition coefficient (Wildman–Crippen LogP) is 0.455. The third kappa shape index (κ3) is 2.45. The van der Waals surface area contributed by atoms with Crippen LogP contribution in [0, 0.1) is 17.7 Å². The average Bonchev–Trinajstić information content (AvgIpc) is 2.71. The van der Waals surface area contributed by atoms with E-state index in [1.54, 1.807) is 18.5 Å². The van der Waals surface area contributed by atoms with Crippen LogP contribution in [0.25, 0.3) is 0 Å². The highest BCUT2D eigenvalue weighted by Crippen LogP contribution is 2.32. The lowest BCUT2D eigenvalue weighted by atomic mass is 9.80. The highest BCUT2D eigenvalue weighted by molar-refractivity contribution is 7.89. The van der Waals surface area contributed by atoms with Crippen molar-refractivity contribution in [3.8, 4) is 0 Å². The number of imidazole rings is 1. The highest BCUT2D eigenvalue weighted by Gasteiger charge is 2.38. The normalized spacial score (nSPS) is 19.9. The predicted molar refractivity (Wildman–Crippen MR) is 76.0 cm³/mol. The SMILES string of the molecule is Cc1nc(S(=O)(=O)N2CCC(C)(C(=N)N)CC2)cn1C. The molecule has 0 bridgehead atoms. The molecule has 3 N–H and O–H groups in total. The lowest BCUT2D eigenvalue weighted by Crippen LogP contribution is -2.47. The Morgan fingerprint density at radius 2 is 2.00 bits per heavy atom. The van der Waals surface area contributed by atoms with Crippen LogP contribution in [0.5, 0.6) is 0 Å². The second-order valence-electron chi connectivity index (χ2n) is 5.62. The summed E-state index contributed by atoms with van der Waals surface area (Å²) < 4.78 is 28.1. The quantitative estimate of drug-likeness (QED) is 0.624. The van der Waals surface area contributed by atoms with Gasteiger partial charge in [-0.25, -0.2) is 13.4 Å². The van der Waals surface area contributed by atoms with E-state index in [1.165, 1.54) is 10.5 Å². The number of nitrogens with one attached hydrogen (secondary N) is 1. The van der Waals surface area contributed by atoms with Gasteiger partial charge < -0.3 is 10.3 Å². The van der Waals surface area contributed by atoms with Crippen LogP contribution in [-0.4, -0.2) is 41.2 Å².